The molecule has 1 fully saturated rings. The van der Waals surface area contributed by atoms with Gasteiger partial charge in [0.25, 0.3) is 0 Å². The largest absolute Gasteiger partial charge is 0.381 e. The molecule has 1 saturated heterocycles. The van der Waals surface area contributed by atoms with Gasteiger partial charge in [-0.1, -0.05) is 13.8 Å². The van der Waals surface area contributed by atoms with Gasteiger partial charge >= 0.3 is 0 Å². The van der Waals surface area contributed by atoms with Gasteiger partial charge in [0.2, 0.25) is 0 Å². The Morgan fingerprint density at radius 3 is 2.92 bits per heavy atom. The lowest BCUT2D eigenvalue weighted by Crippen LogP contribution is -2.28. The van der Waals surface area contributed by atoms with Crippen LogP contribution in [0.15, 0.2) is 0 Å². The first-order chi connectivity index (χ1) is 5.75. The van der Waals surface area contributed by atoms with Gasteiger partial charge in [-0.05, 0) is 18.8 Å². The molecule has 0 saturated carbocycles. The summed E-state index contributed by atoms with van der Waals surface area (Å²) < 4.78 is 5.35. The van der Waals surface area contributed by atoms with Crippen LogP contribution in [0.4, 0.5) is 0 Å². The van der Waals surface area contributed by atoms with Gasteiger partial charge in [-0.3, -0.25) is 4.79 Å². The summed E-state index contributed by atoms with van der Waals surface area (Å²) in [5, 5.41) is 0. The highest BCUT2D eigenvalue weighted by atomic mass is 16.5. The molecule has 2 nitrogen and oxygen atoms in total. The number of rotatable bonds is 3. The van der Waals surface area contributed by atoms with Crippen molar-refractivity contribution in [2.45, 2.75) is 33.1 Å². The van der Waals surface area contributed by atoms with Gasteiger partial charge in [-0.2, -0.15) is 0 Å². The van der Waals surface area contributed by atoms with Crippen LogP contribution in [0.25, 0.3) is 0 Å². The number of hydrogen-bond donors (Lipinski definition) is 0. The van der Waals surface area contributed by atoms with Crippen molar-refractivity contribution >= 4 is 5.78 Å². The zero-order valence-electron chi connectivity index (χ0n) is 8.01. The van der Waals surface area contributed by atoms with E-state index in [1.165, 1.54) is 0 Å². The summed E-state index contributed by atoms with van der Waals surface area (Å²) >= 11 is 0. The molecule has 2 unspecified atom stereocenters. The van der Waals surface area contributed by atoms with Crippen LogP contribution < -0.4 is 0 Å². The zero-order valence-corrected chi connectivity index (χ0v) is 8.01. The highest BCUT2D eigenvalue weighted by molar-refractivity contribution is 5.80. The van der Waals surface area contributed by atoms with E-state index in [0.717, 1.165) is 26.1 Å². The summed E-state index contributed by atoms with van der Waals surface area (Å²) in [4.78, 5) is 11.4. The Morgan fingerprint density at radius 2 is 2.42 bits per heavy atom. The number of hydrogen-bond acceptors (Lipinski definition) is 2. The number of ketones is 1. The molecule has 0 aromatic carbocycles. The summed E-state index contributed by atoms with van der Waals surface area (Å²) in [6.45, 7) is 5.63. The Labute approximate surface area is 74.3 Å². The van der Waals surface area contributed by atoms with Crippen LogP contribution >= 0.6 is 0 Å². The van der Waals surface area contributed by atoms with Crippen molar-refractivity contribution in [3.05, 3.63) is 0 Å². The molecule has 1 aliphatic heterocycles. The average Bonchev–Trinajstić information content (AvgIpc) is 2.17. The molecule has 0 N–H and O–H groups in total. The monoisotopic (exact) mass is 170 g/mol. The topological polar surface area (TPSA) is 26.3 Å². The molecule has 1 rings (SSSR count). The minimum absolute atomic E-state index is 0.204. The molecule has 1 aliphatic rings. The lowest BCUT2D eigenvalue weighted by molar-refractivity contribution is -0.125. The van der Waals surface area contributed by atoms with Crippen molar-refractivity contribution in [3.63, 3.8) is 0 Å². The van der Waals surface area contributed by atoms with Crippen LogP contribution in [-0.2, 0) is 9.53 Å². The Bertz CT molecular complexity index is 148. The predicted molar refractivity (Wildman–Crippen MR) is 48.0 cm³/mol. The molecule has 70 valence electrons. The lowest BCUT2D eigenvalue weighted by atomic mass is 9.85. The summed E-state index contributed by atoms with van der Waals surface area (Å²) in [6.07, 6.45) is 2.94. The van der Waals surface area contributed by atoms with Crippen LogP contribution in [0.1, 0.15) is 33.1 Å². The highest BCUT2D eigenvalue weighted by Gasteiger charge is 2.24. The maximum atomic E-state index is 11.4. The minimum Gasteiger partial charge on any atom is -0.381 e. The van der Waals surface area contributed by atoms with E-state index in [9.17, 15) is 4.79 Å². The smallest absolute Gasteiger partial charge is 0.135 e. The van der Waals surface area contributed by atoms with Crippen molar-refractivity contribution in [1.29, 1.82) is 0 Å². The number of carbonyl (C=O) groups is 1. The first-order valence-electron chi connectivity index (χ1n) is 4.86. The Kier molecular flexibility index (Phi) is 3.73. The van der Waals surface area contributed by atoms with E-state index >= 15 is 0 Å². The molecular formula is C10H18O2. The molecule has 0 aromatic rings. The van der Waals surface area contributed by atoms with Crippen LogP contribution in [-0.4, -0.2) is 19.0 Å². The van der Waals surface area contributed by atoms with Gasteiger partial charge in [0.15, 0.2) is 0 Å². The Hall–Kier alpha value is -0.370. The second-order valence-electron chi connectivity index (χ2n) is 3.59. The number of Topliss-reactive ketones (excluding diaryl/α,β-unsaturated/α-hetero) is 1. The highest BCUT2D eigenvalue weighted by Crippen LogP contribution is 2.23. The molecule has 0 bridgehead atoms. The van der Waals surface area contributed by atoms with E-state index < -0.39 is 0 Å². The van der Waals surface area contributed by atoms with E-state index in [1.54, 1.807) is 0 Å². The van der Waals surface area contributed by atoms with Gasteiger partial charge in [0.1, 0.15) is 5.78 Å². The van der Waals surface area contributed by atoms with Crippen molar-refractivity contribution in [1.82, 2.24) is 0 Å². The zero-order chi connectivity index (χ0) is 8.97. The molecule has 0 amide bonds. The SMILES string of the molecule is CCC(=O)C(C)C1CCCOC1. The standard InChI is InChI=1S/C10H18O2/c1-3-10(11)8(2)9-5-4-6-12-7-9/h8-9H,3-7H2,1-2H3. The van der Waals surface area contributed by atoms with Crippen molar-refractivity contribution < 1.29 is 9.53 Å². The van der Waals surface area contributed by atoms with Gasteiger partial charge in [0, 0.05) is 18.9 Å². The second kappa shape index (κ2) is 4.61. The summed E-state index contributed by atoms with van der Waals surface area (Å²) in [6, 6.07) is 0. The third kappa shape index (κ3) is 2.31. The third-order valence-corrected chi connectivity index (χ3v) is 2.76. The van der Waals surface area contributed by atoms with Gasteiger partial charge in [0.05, 0.1) is 6.61 Å². The van der Waals surface area contributed by atoms with Crippen molar-refractivity contribution in [3.8, 4) is 0 Å². The maximum absolute atomic E-state index is 11.4. The van der Waals surface area contributed by atoms with E-state index in [-0.39, 0.29) is 5.92 Å². The quantitative estimate of drug-likeness (QED) is 0.647. The summed E-state index contributed by atoms with van der Waals surface area (Å²) in [5.41, 5.74) is 0. The van der Waals surface area contributed by atoms with E-state index in [1.807, 2.05) is 13.8 Å². The van der Waals surface area contributed by atoms with Crippen LogP contribution in [0, 0.1) is 11.8 Å². The molecule has 1 heterocycles. The van der Waals surface area contributed by atoms with Crippen LogP contribution in [0.3, 0.4) is 0 Å². The first-order valence-corrected chi connectivity index (χ1v) is 4.86. The molecular weight excluding hydrogens is 152 g/mol. The fraction of sp³-hybridized carbons (Fsp3) is 0.900. The summed E-state index contributed by atoms with van der Waals surface area (Å²) in [7, 11) is 0. The molecule has 0 radical (unpaired) electrons. The van der Waals surface area contributed by atoms with Crippen molar-refractivity contribution in [2.75, 3.05) is 13.2 Å². The predicted octanol–water partition coefficient (Wildman–Crippen LogP) is 2.03. The number of ether oxygens (including phenoxy) is 1. The van der Waals surface area contributed by atoms with Crippen molar-refractivity contribution in [2.24, 2.45) is 11.8 Å². The van der Waals surface area contributed by atoms with Crippen LogP contribution in [0.5, 0.6) is 0 Å². The lowest BCUT2D eigenvalue weighted by Gasteiger charge is -2.26. The second-order valence-corrected chi connectivity index (χ2v) is 3.59. The molecule has 0 aromatic heterocycles. The average molecular weight is 170 g/mol. The normalized spacial score (nSPS) is 26.7. The Balaban J connectivity index is 2.39. The summed E-state index contributed by atoms with van der Waals surface area (Å²) in [5.74, 6) is 1.06. The Morgan fingerprint density at radius 1 is 1.67 bits per heavy atom. The van der Waals surface area contributed by atoms with Gasteiger partial charge in [-0.25, -0.2) is 0 Å². The van der Waals surface area contributed by atoms with E-state index in [2.05, 4.69) is 0 Å². The van der Waals surface area contributed by atoms with Gasteiger partial charge < -0.3 is 4.74 Å². The fourth-order valence-corrected chi connectivity index (χ4v) is 1.74. The van der Waals surface area contributed by atoms with E-state index in [4.69, 9.17) is 4.74 Å². The molecule has 2 atom stereocenters. The minimum atomic E-state index is 0.204. The molecule has 2 heteroatoms. The molecule has 0 spiro atoms. The first kappa shape index (κ1) is 9.72. The molecule has 12 heavy (non-hydrogen) atoms. The molecule has 0 aliphatic carbocycles. The van der Waals surface area contributed by atoms with Crippen LogP contribution in [0.2, 0.25) is 0 Å². The fourth-order valence-electron chi connectivity index (χ4n) is 1.74. The van der Waals surface area contributed by atoms with E-state index in [0.29, 0.717) is 18.1 Å². The number of carbonyl (C=O) groups excluding carboxylic acids is 1. The van der Waals surface area contributed by atoms with Gasteiger partial charge in [-0.15, -0.1) is 0 Å². The third-order valence-electron chi connectivity index (χ3n) is 2.76. The maximum Gasteiger partial charge on any atom is 0.135 e.